The number of thioether (sulfide) groups is 1. The van der Waals surface area contributed by atoms with Gasteiger partial charge in [0.2, 0.25) is 0 Å². The molecule has 0 aromatic heterocycles. The zero-order chi connectivity index (χ0) is 19.8. The van der Waals surface area contributed by atoms with E-state index in [4.69, 9.17) is 0 Å². The molecule has 0 aliphatic carbocycles. The molecule has 4 radical (unpaired) electrons. The van der Waals surface area contributed by atoms with Crippen LogP contribution in [0.15, 0.2) is 0 Å². The molecule has 6 heteroatoms. The van der Waals surface area contributed by atoms with Crippen LogP contribution < -0.4 is 10.2 Å². The molecule has 0 saturated carbocycles. The molecule has 0 spiro atoms. The van der Waals surface area contributed by atoms with Crippen molar-refractivity contribution in [3.8, 4) is 0 Å². The van der Waals surface area contributed by atoms with Crippen molar-refractivity contribution < 1.29 is 19.8 Å². The molecular weight excluding hydrogens is 455 g/mol. The fraction of sp³-hybridized carbons (Fsp3) is 0.800. The standard InChI is InChI=1S/2C7H15.C6H10O4S.Sn/c2*1-3-5-7-6-4-2;7-5(8)1-3-11-4-2-6(9)10;/h2*1,3-7H2,2H3;1-4H2,(H,7,8)(H,9,10);/q;;;+2/p-2. The molecule has 0 aliphatic heterocycles. The molecule has 26 heavy (non-hydrogen) atoms. The van der Waals surface area contributed by atoms with Crippen molar-refractivity contribution in [1.82, 2.24) is 0 Å². The second-order valence-electron chi connectivity index (χ2n) is 5.68. The Hall–Kier alpha value is 0.0887. The Balaban J connectivity index is -0.000000143. The fourth-order valence-electron chi connectivity index (χ4n) is 1.62. The third kappa shape index (κ3) is 49.6. The van der Waals surface area contributed by atoms with Crippen LogP contribution in [0.3, 0.4) is 0 Å². The summed E-state index contributed by atoms with van der Waals surface area (Å²) in [5.74, 6) is -1.41. The molecule has 4 nitrogen and oxygen atoms in total. The number of carbonyl (C=O) groups excluding carboxylic acids is 2. The number of aliphatic carboxylic acids is 2. The number of hydrogen-bond acceptors (Lipinski definition) is 5. The number of carboxylic acids is 2. The maximum absolute atomic E-state index is 9.84. The average molecular weight is 493 g/mol. The van der Waals surface area contributed by atoms with Crippen LogP contribution in [0, 0.1) is 13.8 Å². The van der Waals surface area contributed by atoms with Crippen LogP contribution in [0.5, 0.6) is 0 Å². The molecule has 152 valence electrons. The van der Waals surface area contributed by atoms with Crippen molar-refractivity contribution in [2.45, 2.75) is 90.9 Å². The van der Waals surface area contributed by atoms with E-state index < -0.39 is 11.9 Å². The van der Waals surface area contributed by atoms with Crippen LogP contribution >= 0.6 is 11.8 Å². The predicted octanol–water partition coefficient (Wildman–Crippen LogP) is 3.20. The van der Waals surface area contributed by atoms with E-state index in [1.165, 1.54) is 63.1 Å². The van der Waals surface area contributed by atoms with E-state index in [9.17, 15) is 19.8 Å². The summed E-state index contributed by atoms with van der Waals surface area (Å²) in [6.45, 7) is 12.0. The Labute approximate surface area is 183 Å². The number of unbranched alkanes of at least 4 members (excludes halogenated alkanes) is 8. The molecule has 0 N–H and O–H groups in total. The minimum atomic E-state index is -1.11. The number of rotatable bonds is 14. The first-order valence-electron chi connectivity index (χ1n) is 9.52. The summed E-state index contributed by atoms with van der Waals surface area (Å²) in [5, 5.41) is 19.7. The van der Waals surface area contributed by atoms with E-state index in [0.717, 1.165) is 12.8 Å². The van der Waals surface area contributed by atoms with Gasteiger partial charge >= 0.3 is 23.9 Å². The number of carboxylic acid groups (broad SMARTS) is 2. The topological polar surface area (TPSA) is 80.3 Å². The second-order valence-corrected chi connectivity index (χ2v) is 6.91. The molecule has 0 heterocycles. The molecule has 0 unspecified atom stereocenters. The Morgan fingerprint density at radius 3 is 1.31 bits per heavy atom. The van der Waals surface area contributed by atoms with Crippen molar-refractivity contribution in [3.05, 3.63) is 13.8 Å². The third-order valence-corrected chi connectivity index (χ3v) is 4.09. The SMILES string of the molecule is O=C([O-])CCSCCC(=O)[O-].[CH2]CCCCCC.[CH2]CCCCCC.[Sn+2]. The maximum atomic E-state index is 9.84. The van der Waals surface area contributed by atoms with E-state index in [1.54, 1.807) is 0 Å². The summed E-state index contributed by atoms with van der Waals surface area (Å²) in [6.07, 6.45) is 13.0. The van der Waals surface area contributed by atoms with Crippen LogP contribution in [0.2, 0.25) is 0 Å². The third-order valence-electron chi connectivity index (χ3n) is 3.11. The largest absolute Gasteiger partial charge is 2.00 e. The van der Waals surface area contributed by atoms with E-state index in [1.807, 2.05) is 0 Å². The molecular formula is C20H38O4SSn. The average Bonchev–Trinajstić information content (AvgIpc) is 2.56. The van der Waals surface area contributed by atoms with Gasteiger partial charge in [0, 0.05) is 11.9 Å². The van der Waals surface area contributed by atoms with Gasteiger partial charge in [0.15, 0.2) is 0 Å². The molecule has 0 rings (SSSR count). The van der Waals surface area contributed by atoms with Crippen molar-refractivity contribution in [3.63, 3.8) is 0 Å². The zero-order valence-electron chi connectivity index (χ0n) is 16.9. The number of carbonyl (C=O) groups is 2. The Bertz CT molecular complexity index is 243. The van der Waals surface area contributed by atoms with Crippen LogP contribution in [-0.2, 0) is 9.59 Å². The minimum Gasteiger partial charge on any atom is -0.550 e. The van der Waals surface area contributed by atoms with Gasteiger partial charge < -0.3 is 19.8 Å². The van der Waals surface area contributed by atoms with Crippen molar-refractivity contribution in [2.75, 3.05) is 11.5 Å². The van der Waals surface area contributed by atoms with Gasteiger partial charge in [-0.25, -0.2) is 0 Å². The summed E-state index contributed by atoms with van der Waals surface area (Å²) >= 11 is 1.27. The van der Waals surface area contributed by atoms with Gasteiger partial charge in [0.1, 0.15) is 0 Å². The fourth-order valence-corrected chi connectivity index (χ4v) is 2.45. The molecule has 0 bridgehead atoms. The first-order valence-corrected chi connectivity index (χ1v) is 10.7. The van der Waals surface area contributed by atoms with Crippen LogP contribution in [0.25, 0.3) is 0 Å². The smallest absolute Gasteiger partial charge is 0.550 e. The summed E-state index contributed by atoms with van der Waals surface area (Å²) < 4.78 is 0. The monoisotopic (exact) mass is 494 g/mol. The minimum absolute atomic E-state index is 0. The molecule has 0 amide bonds. The Morgan fingerprint density at radius 2 is 1.08 bits per heavy atom. The van der Waals surface area contributed by atoms with E-state index >= 15 is 0 Å². The van der Waals surface area contributed by atoms with Gasteiger partial charge in [-0.3, -0.25) is 0 Å². The molecule has 0 saturated heterocycles. The van der Waals surface area contributed by atoms with E-state index in [0.29, 0.717) is 11.5 Å². The molecule has 0 atom stereocenters. The first-order chi connectivity index (χ1) is 12.0. The molecule has 0 aromatic carbocycles. The van der Waals surface area contributed by atoms with Gasteiger partial charge in [0.25, 0.3) is 0 Å². The molecule has 0 aliphatic rings. The van der Waals surface area contributed by atoms with Gasteiger partial charge in [-0.2, -0.15) is 11.8 Å². The Kier molecular flexibility index (Phi) is 42.4. The number of hydrogen-bond donors (Lipinski definition) is 0. The predicted molar refractivity (Wildman–Crippen MR) is 111 cm³/mol. The van der Waals surface area contributed by atoms with Crippen molar-refractivity contribution in [2.24, 2.45) is 0 Å². The molecule has 0 fully saturated rings. The molecule has 0 aromatic rings. The maximum Gasteiger partial charge on any atom is 2.00 e. The van der Waals surface area contributed by atoms with Crippen LogP contribution in [-0.4, -0.2) is 47.4 Å². The quantitative estimate of drug-likeness (QED) is 0.274. The van der Waals surface area contributed by atoms with Gasteiger partial charge in [-0.15, -0.1) is 0 Å². The van der Waals surface area contributed by atoms with Gasteiger partial charge in [0.05, 0.1) is 0 Å². The van der Waals surface area contributed by atoms with Gasteiger partial charge in [-0.05, 0) is 24.3 Å². The van der Waals surface area contributed by atoms with E-state index in [-0.39, 0.29) is 36.7 Å². The summed E-state index contributed by atoms with van der Waals surface area (Å²) in [4.78, 5) is 19.7. The second kappa shape index (κ2) is 32.7. The summed E-state index contributed by atoms with van der Waals surface area (Å²) in [7, 11) is 0. The van der Waals surface area contributed by atoms with Crippen LogP contribution in [0.4, 0.5) is 0 Å². The summed E-state index contributed by atoms with van der Waals surface area (Å²) in [6, 6.07) is 0. The van der Waals surface area contributed by atoms with Crippen LogP contribution in [0.1, 0.15) is 90.9 Å². The Morgan fingerprint density at radius 1 is 0.731 bits per heavy atom. The van der Waals surface area contributed by atoms with Crippen molar-refractivity contribution in [1.29, 1.82) is 0 Å². The van der Waals surface area contributed by atoms with Gasteiger partial charge in [-0.1, -0.05) is 91.9 Å². The zero-order valence-corrected chi connectivity index (χ0v) is 20.5. The van der Waals surface area contributed by atoms with Crippen molar-refractivity contribution >= 4 is 47.6 Å². The first kappa shape index (κ1) is 33.7. The van der Waals surface area contributed by atoms with E-state index in [2.05, 4.69) is 27.7 Å². The normalized spacial score (nSPS) is 9.08. The summed E-state index contributed by atoms with van der Waals surface area (Å²) in [5.41, 5.74) is 0.